The molecule has 1 aromatic rings. The lowest BCUT2D eigenvalue weighted by Crippen LogP contribution is -2.49. The third-order valence-corrected chi connectivity index (χ3v) is 4.94. The Kier molecular flexibility index (Phi) is 5.96. The number of carboxylic acid groups (broad SMARTS) is 1. The molecule has 1 atom stereocenters. The number of nitrogens with zero attached hydrogens (tertiary/aromatic N) is 1. The molecule has 2 rings (SSSR count). The first-order chi connectivity index (χ1) is 10.9. The SMILES string of the molecule is CCCC[C@H](C(=O)[O-])N1C(=O)/C(=C/c2ccc(C)cc2)SC1=S. The number of unbranched alkanes of at least 4 members (excludes halogenated alkanes) is 1. The number of rotatable bonds is 6. The van der Waals surface area contributed by atoms with Crippen molar-refractivity contribution in [1.82, 2.24) is 4.90 Å². The van der Waals surface area contributed by atoms with Crippen LogP contribution in [0.3, 0.4) is 0 Å². The zero-order valence-corrected chi connectivity index (χ0v) is 14.7. The Morgan fingerprint density at radius 2 is 2.04 bits per heavy atom. The minimum absolute atomic E-state index is 0.277. The molecule has 1 amide bonds. The minimum atomic E-state index is -1.26. The zero-order chi connectivity index (χ0) is 17.0. The van der Waals surface area contributed by atoms with Gasteiger partial charge in [0.25, 0.3) is 5.91 Å². The van der Waals surface area contributed by atoms with Gasteiger partial charge < -0.3 is 9.90 Å². The van der Waals surface area contributed by atoms with Gasteiger partial charge in [0, 0.05) is 0 Å². The average molecular weight is 348 g/mol. The number of carbonyl (C=O) groups is 2. The second-order valence-corrected chi connectivity index (χ2v) is 7.12. The molecule has 1 saturated heterocycles. The van der Waals surface area contributed by atoms with E-state index < -0.39 is 12.0 Å². The molecule has 1 heterocycles. The molecule has 0 N–H and O–H groups in total. The number of carboxylic acids is 1. The molecule has 122 valence electrons. The summed E-state index contributed by atoms with van der Waals surface area (Å²) in [5.41, 5.74) is 2.01. The van der Waals surface area contributed by atoms with Gasteiger partial charge in [-0.3, -0.25) is 9.69 Å². The third kappa shape index (κ3) is 4.20. The lowest BCUT2D eigenvalue weighted by molar-refractivity contribution is -0.310. The van der Waals surface area contributed by atoms with Crippen LogP contribution in [0.5, 0.6) is 0 Å². The third-order valence-electron chi connectivity index (χ3n) is 3.61. The van der Waals surface area contributed by atoms with Gasteiger partial charge in [0.2, 0.25) is 0 Å². The second kappa shape index (κ2) is 7.75. The van der Waals surface area contributed by atoms with Gasteiger partial charge in [-0.1, -0.05) is 73.6 Å². The van der Waals surface area contributed by atoms with E-state index in [0.29, 0.717) is 17.7 Å². The largest absolute Gasteiger partial charge is 0.548 e. The van der Waals surface area contributed by atoms with E-state index in [-0.39, 0.29) is 10.2 Å². The smallest absolute Gasteiger partial charge is 0.266 e. The van der Waals surface area contributed by atoms with E-state index in [9.17, 15) is 14.7 Å². The molecule has 0 unspecified atom stereocenters. The van der Waals surface area contributed by atoms with Crippen LogP contribution in [0.1, 0.15) is 37.3 Å². The van der Waals surface area contributed by atoms with Crippen LogP contribution in [0.25, 0.3) is 6.08 Å². The molecule has 0 aromatic heterocycles. The van der Waals surface area contributed by atoms with Crippen molar-refractivity contribution in [3.05, 3.63) is 40.3 Å². The van der Waals surface area contributed by atoms with Crippen molar-refractivity contribution in [1.29, 1.82) is 0 Å². The lowest BCUT2D eigenvalue weighted by Gasteiger charge is -2.27. The fraction of sp³-hybridized carbons (Fsp3) is 0.353. The van der Waals surface area contributed by atoms with Crippen molar-refractivity contribution in [2.75, 3.05) is 0 Å². The number of hydrogen-bond donors (Lipinski definition) is 0. The van der Waals surface area contributed by atoms with Crippen LogP contribution in [0.2, 0.25) is 0 Å². The predicted molar refractivity (Wildman–Crippen MR) is 94.5 cm³/mol. The summed E-state index contributed by atoms with van der Waals surface area (Å²) in [6.45, 7) is 3.95. The van der Waals surface area contributed by atoms with Crippen molar-refractivity contribution < 1.29 is 14.7 Å². The molecule has 1 aliphatic rings. The summed E-state index contributed by atoms with van der Waals surface area (Å²) in [5, 5.41) is 11.4. The Morgan fingerprint density at radius 1 is 1.39 bits per heavy atom. The van der Waals surface area contributed by atoms with Crippen LogP contribution in [0.15, 0.2) is 29.2 Å². The molecule has 4 nitrogen and oxygen atoms in total. The summed E-state index contributed by atoms with van der Waals surface area (Å²) in [5.74, 6) is -1.61. The molecule has 0 aliphatic carbocycles. The van der Waals surface area contributed by atoms with Crippen LogP contribution in [-0.2, 0) is 9.59 Å². The van der Waals surface area contributed by atoms with E-state index in [1.807, 2.05) is 38.1 Å². The van der Waals surface area contributed by atoms with Gasteiger partial charge in [-0.25, -0.2) is 0 Å². The van der Waals surface area contributed by atoms with Crippen LogP contribution in [-0.4, -0.2) is 27.1 Å². The van der Waals surface area contributed by atoms with Gasteiger partial charge in [-0.2, -0.15) is 0 Å². The number of aliphatic carboxylic acids is 1. The normalized spacial score (nSPS) is 17.8. The summed E-state index contributed by atoms with van der Waals surface area (Å²) >= 11 is 6.35. The van der Waals surface area contributed by atoms with Crippen molar-refractivity contribution in [2.45, 2.75) is 39.2 Å². The lowest BCUT2D eigenvalue weighted by atomic mass is 10.1. The second-order valence-electron chi connectivity index (χ2n) is 5.44. The first-order valence-electron chi connectivity index (χ1n) is 7.48. The molecule has 0 spiro atoms. The van der Waals surface area contributed by atoms with E-state index in [2.05, 4.69) is 0 Å². The van der Waals surface area contributed by atoms with E-state index in [4.69, 9.17) is 12.2 Å². The highest BCUT2D eigenvalue weighted by Crippen LogP contribution is 2.34. The number of hydrogen-bond acceptors (Lipinski definition) is 5. The maximum Gasteiger partial charge on any atom is 0.266 e. The van der Waals surface area contributed by atoms with Crippen molar-refractivity contribution >= 4 is 46.3 Å². The summed E-state index contributed by atoms with van der Waals surface area (Å²) < 4.78 is 0.277. The number of benzene rings is 1. The van der Waals surface area contributed by atoms with Crippen LogP contribution in [0.4, 0.5) is 0 Å². The number of thioether (sulfide) groups is 1. The van der Waals surface area contributed by atoms with Crippen LogP contribution < -0.4 is 5.11 Å². The first kappa shape index (κ1) is 17.7. The maximum atomic E-state index is 12.6. The highest BCUT2D eigenvalue weighted by atomic mass is 32.2. The minimum Gasteiger partial charge on any atom is -0.548 e. The van der Waals surface area contributed by atoms with E-state index >= 15 is 0 Å². The van der Waals surface area contributed by atoms with E-state index in [1.54, 1.807) is 6.08 Å². The summed E-state index contributed by atoms with van der Waals surface area (Å²) in [6, 6.07) is 6.74. The zero-order valence-electron chi connectivity index (χ0n) is 13.1. The standard InChI is InChI=1S/C17H19NO3S2/c1-3-4-5-13(16(20)21)18-15(19)14(23-17(18)22)10-12-8-6-11(2)7-9-12/h6-10,13H,3-5H2,1-2H3,(H,20,21)/p-1/b14-10-/t13-/m1/s1. The van der Waals surface area contributed by atoms with Gasteiger partial charge in [0.15, 0.2) is 0 Å². The van der Waals surface area contributed by atoms with Gasteiger partial charge in [0.1, 0.15) is 4.32 Å². The molecule has 0 saturated carbocycles. The predicted octanol–water partition coefficient (Wildman–Crippen LogP) is 2.50. The van der Waals surface area contributed by atoms with E-state index in [0.717, 1.165) is 29.3 Å². The Bertz CT molecular complexity index is 652. The van der Waals surface area contributed by atoms with Gasteiger partial charge >= 0.3 is 0 Å². The Balaban J connectivity index is 2.24. The Labute approximate surface area is 145 Å². The monoisotopic (exact) mass is 348 g/mol. The number of aryl methyl sites for hydroxylation is 1. The van der Waals surface area contributed by atoms with Crippen molar-refractivity contribution in [3.63, 3.8) is 0 Å². The van der Waals surface area contributed by atoms with Crippen LogP contribution in [0, 0.1) is 6.92 Å². The fourth-order valence-corrected chi connectivity index (χ4v) is 3.67. The van der Waals surface area contributed by atoms with E-state index in [1.165, 1.54) is 4.90 Å². The Morgan fingerprint density at radius 3 is 2.61 bits per heavy atom. The molecule has 1 aliphatic heterocycles. The van der Waals surface area contributed by atoms with Gasteiger partial charge in [-0.05, 0) is 25.0 Å². The molecule has 1 fully saturated rings. The summed E-state index contributed by atoms with van der Waals surface area (Å²) in [4.78, 5) is 25.6. The Hall–Kier alpha value is -1.66. The highest BCUT2D eigenvalue weighted by Gasteiger charge is 2.37. The molecular formula is C17H18NO3S2-. The summed E-state index contributed by atoms with van der Waals surface area (Å²) in [6.07, 6.45) is 3.64. The summed E-state index contributed by atoms with van der Waals surface area (Å²) in [7, 11) is 0. The van der Waals surface area contributed by atoms with Gasteiger partial charge in [0.05, 0.1) is 16.9 Å². The molecule has 0 bridgehead atoms. The molecular weight excluding hydrogens is 330 g/mol. The maximum absolute atomic E-state index is 12.6. The number of carbonyl (C=O) groups excluding carboxylic acids is 2. The van der Waals surface area contributed by atoms with Crippen molar-refractivity contribution in [3.8, 4) is 0 Å². The first-order valence-corrected chi connectivity index (χ1v) is 8.71. The topological polar surface area (TPSA) is 60.4 Å². The molecule has 1 aromatic carbocycles. The average Bonchev–Trinajstić information content (AvgIpc) is 2.77. The fourth-order valence-electron chi connectivity index (χ4n) is 2.31. The number of amides is 1. The van der Waals surface area contributed by atoms with Gasteiger partial charge in [-0.15, -0.1) is 0 Å². The number of thiocarbonyl (C=S) groups is 1. The molecule has 6 heteroatoms. The van der Waals surface area contributed by atoms with Crippen molar-refractivity contribution in [2.24, 2.45) is 0 Å². The highest BCUT2D eigenvalue weighted by molar-refractivity contribution is 8.26. The molecule has 23 heavy (non-hydrogen) atoms. The molecule has 0 radical (unpaired) electrons. The quantitative estimate of drug-likeness (QED) is 0.584. The van der Waals surface area contributed by atoms with Crippen LogP contribution >= 0.6 is 24.0 Å².